The monoisotopic (exact) mass is 463 g/mol. The van der Waals surface area contributed by atoms with E-state index in [1.54, 1.807) is 36.1 Å². The number of hydrogen-bond donors (Lipinski definition) is 2. The molecule has 2 aliphatic rings. The van der Waals surface area contributed by atoms with Gasteiger partial charge in [0.1, 0.15) is 11.6 Å². The molecule has 11 nitrogen and oxygen atoms in total. The summed E-state index contributed by atoms with van der Waals surface area (Å²) in [7, 11) is 0. The molecule has 1 aromatic heterocycles. The van der Waals surface area contributed by atoms with Gasteiger partial charge in [-0.15, -0.1) is 10.2 Å². The van der Waals surface area contributed by atoms with Gasteiger partial charge in [0.25, 0.3) is 5.91 Å². The van der Waals surface area contributed by atoms with Crippen molar-refractivity contribution in [1.29, 1.82) is 0 Å². The van der Waals surface area contributed by atoms with E-state index in [0.717, 1.165) is 11.3 Å². The summed E-state index contributed by atoms with van der Waals surface area (Å²) in [4.78, 5) is 40.7. The number of carbonyl (C=O) groups is 3. The average Bonchev–Trinajstić information content (AvgIpc) is 3.41. The summed E-state index contributed by atoms with van der Waals surface area (Å²) in [6.07, 6.45) is -3.05. The van der Waals surface area contributed by atoms with Gasteiger partial charge >= 0.3 is 6.09 Å². The topological polar surface area (TPSA) is 148 Å². The fraction of sp³-hybridized carbons (Fsp3) is 0.421. The number of primary amides is 2. The molecule has 3 unspecified atom stereocenters. The van der Waals surface area contributed by atoms with Crippen molar-refractivity contribution in [3.63, 3.8) is 0 Å². The first-order valence-electron chi connectivity index (χ1n) is 9.84. The number of benzene rings is 1. The summed E-state index contributed by atoms with van der Waals surface area (Å²) in [5, 5.41) is 7.70. The Labute approximate surface area is 186 Å². The minimum atomic E-state index is -1.56. The smallest absolute Gasteiger partial charge is 0.414 e. The molecule has 2 fully saturated rings. The van der Waals surface area contributed by atoms with Crippen LogP contribution in [-0.2, 0) is 9.53 Å². The molecule has 2 aromatic rings. The van der Waals surface area contributed by atoms with Crippen LogP contribution in [-0.4, -0.2) is 77.1 Å². The number of anilines is 2. The van der Waals surface area contributed by atoms with Crippen LogP contribution in [0.1, 0.15) is 16.7 Å². The van der Waals surface area contributed by atoms with Crippen LogP contribution < -0.4 is 21.3 Å². The number of amides is 3. The van der Waals surface area contributed by atoms with Crippen LogP contribution in [0.25, 0.3) is 0 Å². The van der Waals surface area contributed by atoms with E-state index in [4.69, 9.17) is 16.2 Å². The molecule has 3 amide bonds. The first-order valence-corrected chi connectivity index (χ1v) is 10.7. The van der Waals surface area contributed by atoms with E-state index >= 15 is 4.39 Å². The second kappa shape index (κ2) is 8.31. The van der Waals surface area contributed by atoms with Crippen molar-refractivity contribution < 1.29 is 23.5 Å². The third-order valence-electron chi connectivity index (χ3n) is 5.85. The van der Waals surface area contributed by atoms with Gasteiger partial charge in [-0.25, -0.2) is 9.18 Å². The molecule has 0 radical (unpaired) electrons. The molecule has 3 atom stereocenters. The Kier molecular flexibility index (Phi) is 5.69. The number of halogens is 1. The molecule has 0 bridgehead atoms. The number of nitrogens with zero attached hydrogens (tertiary/aromatic N) is 5. The fourth-order valence-electron chi connectivity index (χ4n) is 3.90. The fourth-order valence-corrected chi connectivity index (χ4v) is 4.66. The predicted octanol–water partition coefficient (Wildman–Crippen LogP) is 0.324. The summed E-state index contributed by atoms with van der Waals surface area (Å²) in [6, 6.07) is 8.90. The number of ether oxygens (including phenoxy) is 1. The highest BCUT2D eigenvalue weighted by Gasteiger charge is 2.53. The predicted molar refractivity (Wildman–Crippen MR) is 114 cm³/mol. The summed E-state index contributed by atoms with van der Waals surface area (Å²) < 4.78 is 20.7. The number of aromatic nitrogens is 2. The summed E-state index contributed by atoms with van der Waals surface area (Å²) >= 11 is 0.893. The molecular formula is C19H22FN7O4S. The summed E-state index contributed by atoms with van der Waals surface area (Å²) in [6.45, 7) is 1.85. The lowest BCUT2D eigenvalue weighted by Crippen LogP contribution is -2.68. The standard InChI is InChI=1S/C19H22FN7O4S/c1-19(16(22)29,12-9-27(18(30)31-12)11-5-3-2-4-6-11)25-7-8-26(13(20)10-25)17-24-23-15(32-17)14(21)28/h2-6,12-13H,7-10H2,1H3,(H2,21,28)(H2,22,29). The first kappa shape index (κ1) is 21.9. The molecule has 2 aliphatic heterocycles. The third-order valence-corrected chi connectivity index (χ3v) is 6.83. The maximum Gasteiger partial charge on any atom is 0.414 e. The molecule has 0 spiro atoms. The van der Waals surface area contributed by atoms with Crippen LogP contribution in [0.3, 0.4) is 0 Å². The molecule has 170 valence electrons. The van der Waals surface area contributed by atoms with E-state index in [-0.39, 0.29) is 36.3 Å². The van der Waals surface area contributed by atoms with Crippen LogP contribution in [0.5, 0.6) is 0 Å². The minimum Gasteiger partial charge on any atom is -0.441 e. The molecule has 32 heavy (non-hydrogen) atoms. The maximum atomic E-state index is 15.1. The summed E-state index contributed by atoms with van der Waals surface area (Å²) in [5.74, 6) is -1.46. The lowest BCUT2D eigenvalue weighted by Gasteiger charge is -2.46. The molecular weight excluding hydrogens is 441 g/mol. The SMILES string of the molecule is CC(C(N)=O)(C1CN(c2ccccc2)C(=O)O1)N1CCN(c2nnc(C(N)=O)s2)C(F)C1. The Morgan fingerprint density at radius 2 is 1.91 bits per heavy atom. The average molecular weight is 463 g/mol. The van der Waals surface area contributed by atoms with Crippen LogP contribution in [0.2, 0.25) is 0 Å². The van der Waals surface area contributed by atoms with Gasteiger partial charge in [-0.3, -0.25) is 19.4 Å². The van der Waals surface area contributed by atoms with Gasteiger partial charge in [0.15, 0.2) is 6.30 Å². The van der Waals surface area contributed by atoms with E-state index in [1.165, 1.54) is 9.80 Å². The van der Waals surface area contributed by atoms with Gasteiger partial charge in [0.05, 0.1) is 6.54 Å². The molecule has 2 saturated heterocycles. The number of hydrogen-bond acceptors (Lipinski definition) is 9. The van der Waals surface area contributed by atoms with Crippen molar-refractivity contribution in [3.8, 4) is 0 Å². The second-order valence-corrected chi connectivity index (χ2v) is 8.61. The number of para-hydroxylation sites is 1. The highest BCUT2D eigenvalue weighted by atomic mass is 32.1. The second-order valence-electron chi connectivity index (χ2n) is 7.66. The maximum absolute atomic E-state index is 15.1. The zero-order valence-electron chi connectivity index (χ0n) is 17.2. The van der Waals surface area contributed by atoms with Gasteiger partial charge in [0.2, 0.25) is 16.0 Å². The van der Waals surface area contributed by atoms with Crippen molar-refractivity contribution in [3.05, 3.63) is 35.3 Å². The number of cyclic esters (lactones) is 1. The normalized spacial score (nSPS) is 23.6. The Bertz CT molecular complexity index is 1040. The zero-order valence-corrected chi connectivity index (χ0v) is 18.0. The lowest BCUT2D eigenvalue weighted by molar-refractivity contribution is -0.137. The largest absolute Gasteiger partial charge is 0.441 e. The number of nitrogens with two attached hydrogens (primary N) is 2. The van der Waals surface area contributed by atoms with Gasteiger partial charge in [-0.05, 0) is 19.1 Å². The van der Waals surface area contributed by atoms with Crippen molar-refractivity contribution in [1.82, 2.24) is 15.1 Å². The molecule has 0 aliphatic carbocycles. The molecule has 3 heterocycles. The van der Waals surface area contributed by atoms with Crippen LogP contribution in [0.15, 0.2) is 30.3 Å². The van der Waals surface area contributed by atoms with Gasteiger partial charge in [-0.2, -0.15) is 0 Å². The quantitative estimate of drug-likeness (QED) is 0.582. The molecule has 4 rings (SSSR count). The Morgan fingerprint density at radius 1 is 1.19 bits per heavy atom. The highest BCUT2D eigenvalue weighted by molar-refractivity contribution is 7.17. The van der Waals surface area contributed by atoms with E-state index in [9.17, 15) is 14.4 Å². The van der Waals surface area contributed by atoms with Gasteiger partial charge in [-0.1, -0.05) is 29.5 Å². The Hall–Kier alpha value is -3.32. The van der Waals surface area contributed by atoms with E-state index in [1.807, 2.05) is 6.07 Å². The number of carbonyl (C=O) groups excluding carboxylic acids is 3. The lowest BCUT2D eigenvalue weighted by atomic mass is 9.90. The van der Waals surface area contributed by atoms with Gasteiger partial charge in [0, 0.05) is 25.3 Å². The molecule has 4 N–H and O–H groups in total. The van der Waals surface area contributed by atoms with Crippen molar-refractivity contribution in [2.24, 2.45) is 11.5 Å². The van der Waals surface area contributed by atoms with E-state index in [0.29, 0.717) is 5.69 Å². The highest BCUT2D eigenvalue weighted by Crippen LogP contribution is 2.33. The number of alkyl halides is 1. The Morgan fingerprint density at radius 3 is 2.50 bits per heavy atom. The third kappa shape index (κ3) is 3.73. The zero-order chi connectivity index (χ0) is 23.0. The summed E-state index contributed by atoms with van der Waals surface area (Å²) in [5.41, 5.74) is 10.1. The van der Waals surface area contributed by atoms with Crippen molar-refractivity contribution in [2.45, 2.75) is 24.9 Å². The first-order chi connectivity index (χ1) is 15.2. The van der Waals surface area contributed by atoms with E-state index < -0.39 is 35.8 Å². The molecule has 13 heteroatoms. The van der Waals surface area contributed by atoms with E-state index in [2.05, 4.69) is 10.2 Å². The van der Waals surface area contributed by atoms with Crippen LogP contribution in [0, 0.1) is 0 Å². The van der Waals surface area contributed by atoms with Crippen LogP contribution >= 0.6 is 11.3 Å². The molecule has 1 aromatic carbocycles. The molecule has 0 saturated carbocycles. The van der Waals surface area contributed by atoms with Crippen LogP contribution in [0.4, 0.5) is 20.0 Å². The Balaban J connectivity index is 1.52. The number of piperazine rings is 1. The van der Waals surface area contributed by atoms with Crippen molar-refractivity contribution in [2.75, 3.05) is 36.0 Å². The van der Waals surface area contributed by atoms with Gasteiger partial charge < -0.3 is 21.1 Å². The van der Waals surface area contributed by atoms with Crippen molar-refractivity contribution >= 4 is 40.1 Å². The number of rotatable bonds is 6. The minimum absolute atomic E-state index is 0.0181.